The third-order valence-electron chi connectivity index (χ3n) is 9.48. The van der Waals surface area contributed by atoms with Crippen LogP contribution in [-0.2, 0) is 4.84 Å². The molecule has 7 rings (SSSR count). The normalized spacial score (nSPS) is 22.5. The highest BCUT2D eigenvalue weighted by atomic mass is 16.7. The van der Waals surface area contributed by atoms with Crippen molar-refractivity contribution in [3.63, 3.8) is 0 Å². The molecule has 4 aliphatic rings. The topological polar surface area (TPSA) is 69.2 Å². The molecule has 3 aromatic rings. The number of hydrogen-bond donors (Lipinski definition) is 1. The molecule has 42 heavy (non-hydrogen) atoms. The lowest BCUT2D eigenvalue weighted by atomic mass is 10.0. The van der Waals surface area contributed by atoms with Crippen molar-refractivity contribution in [2.45, 2.75) is 57.2 Å². The molecule has 0 spiro atoms. The van der Waals surface area contributed by atoms with Gasteiger partial charge >= 0.3 is 0 Å². The summed E-state index contributed by atoms with van der Waals surface area (Å²) in [6.07, 6.45) is 7.77. The fourth-order valence-electron chi connectivity index (χ4n) is 7.01. The van der Waals surface area contributed by atoms with E-state index in [4.69, 9.17) is 9.57 Å². The van der Waals surface area contributed by atoms with Gasteiger partial charge in [0.2, 0.25) is 0 Å². The fraction of sp³-hybridized carbons (Fsp3) is 0.515. The van der Waals surface area contributed by atoms with Crippen LogP contribution in [0.15, 0.2) is 54.9 Å². The van der Waals surface area contributed by atoms with Crippen LogP contribution in [0.1, 0.15) is 49.3 Å². The number of piperazine rings is 1. The van der Waals surface area contributed by atoms with Crippen molar-refractivity contribution in [3.05, 3.63) is 66.0 Å². The summed E-state index contributed by atoms with van der Waals surface area (Å²) >= 11 is 0. The van der Waals surface area contributed by atoms with E-state index in [0.717, 1.165) is 42.8 Å². The Morgan fingerprint density at radius 2 is 1.55 bits per heavy atom. The van der Waals surface area contributed by atoms with E-state index in [1.807, 2.05) is 17.2 Å². The number of hydrogen-bond acceptors (Lipinski definition) is 9. The van der Waals surface area contributed by atoms with Crippen molar-refractivity contribution in [3.8, 4) is 5.75 Å². The maximum atomic E-state index is 6.00. The Morgan fingerprint density at radius 3 is 2.24 bits per heavy atom. The molecular weight excluding hydrogens is 526 g/mol. The van der Waals surface area contributed by atoms with Gasteiger partial charge < -0.3 is 15.0 Å². The van der Waals surface area contributed by atoms with Gasteiger partial charge in [0.1, 0.15) is 17.9 Å². The molecule has 4 fully saturated rings. The molecule has 0 amide bonds. The standard InChI is InChI=1S/C33H43N7O2/c1-24-20-28(36-32-22-33(35-23-34-32)40-29(12-19-42-40)25-6-4-3-5-7-25)31(41-2)21-30(24)39-13-10-27(11-14-39)38-17-15-37(16-18-38)26-8-9-26/h3-7,20-23,26-27,29H,8-19H2,1-2H3,(H,34,35,36)/t29-/m1/s1. The molecular formula is C33H43N7O2. The van der Waals surface area contributed by atoms with Crippen LogP contribution in [0.4, 0.5) is 23.0 Å². The molecule has 0 radical (unpaired) electrons. The zero-order valence-corrected chi connectivity index (χ0v) is 24.9. The number of piperidine rings is 1. The Bertz CT molecular complexity index is 1350. The Hall–Kier alpha value is -3.40. The van der Waals surface area contributed by atoms with Crippen molar-refractivity contribution >= 4 is 23.0 Å². The van der Waals surface area contributed by atoms with Gasteiger partial charge in [0, 0.05) is 75.6 Å². The van der Waals surface area contributed by atoms with E-state index in [2.05, 4.69) is 73.3 Å². The number of nitrogens with zero attached hydrogens (tertiary/aromatic N) is 6. The molecule has 2 aromatic carbocycles. The number of rotatable bonds is 8. The van der Waals surface area contributed by atoms with Crippen molar-refractivity contribution < 1.29 is 9.57 Å². The van der Waals surface area contributed by atoms with Crippen molar-refractivity contribution in [2.75, 3.05) is 68.3 Å². The Balaban J connectivity index is 1.01. The van der Waals surface area contributed by atoms with E-state index in [-0.39, 0.29) is 6.04 Å². The van der Waals surface area contributed by atoms with Gasteiger partial charge in [-0.1, -0.05) is 30.3 Å². The van der Waals surface area contributed by atoms with E-state index < -0.39 is 0 Å². The van der Waals surface area contributed by atoms with Crippen LogP contribution in [0.5, 0.6) is 5.75 Å². The van der Waals surface area contributed by atoms with Gasteiger partial charge in [-0.25, -0.2) is 15.0 Å². The summed E-state index contributed by atoms with van der Waals surface area (Å²) in [6.45, 7) is 9.98. The number of anilines is 4. The zero-order valence-electron chi connectivity index (χ0n) is 24.9. The second-order valence-corrected chi connectivity index (χ2v) is 12.1. The third-order valence-corrected chi connectivity index (χ3v) is 9.48. The number of ether oxygens (including phenoxy) is 1. The lowest BCUT2D eigenvalue weighted by molar-refractivity contribution is 0.0809. The van der Waals surface area contributed by atoms with Gasteiger partial charge in [0.05, 0.1) is 25.4 Å². The molecule has 1 aliphatic carbocycles. The average Bonchev–Trinajstić information content (AvgIpc) is 3.78. The first-order valence-corrected chi connectivity index (χ1v) is 15.6. The minimum absolute atomic E-state index is 0.126. The van der Waals surface area contributed by atoms with Crippen LogP contribution in [0.2, 0.25) is 0 Å². The second kappa shape index (κ2) is 12.1. The smallest absolute Gasteiger partial charge is 0.158 e. The van der Waals surface area contributed by atoms with Gasteiger partial charge in [-0.2, -0.15) is 0 Å². The molecule has 9 heteroatoms. The predicted molar refractivity (Wildman–Crippen MR) is 167 cm³/mol. The molecule has 222 valence electrons. The average molecular weight is 570 g/mol. The van der Waals surface area contributed by atoms with Gasteiger partial charge in [0.15, 0.2) is 5.82 Å². The number of benzene rings is 2. The summed E-state index contributed by atoms with van der Waals surface area (Å²) in [5, 5.41) is 5.40. The van der Waals surface area contributed by atoms with E-state index in [0.29, 0.717) is 18.5 Å². The monoisotopic (exact) mass is 569 g/mol. The van der Waals surface area contributed by atoms with Crippen LogP contribution >= 0.6 is 0 Å². The summed E-state index contributed by atoms with van der Waals surface area (Å²) in [6, 6.07) is 18.5. The summed E-state index contributed by atoms with van der Waals surface area (Å²) in [5.41, 5.74) is 4.61. The summed E-state index contributed by atoms with van der Waals surface area (Å²) in [4.78, 5) is 23.0. The number of aryl methyl sites for hydroxylation is 1. The molecule has 1 aromatic heterocycles. The Kier molecular flexibility index (Phi) is 7.88. The van der Waals surface area contributed by atoms with Crippen LogP contribution in [0.25, 0.3) is 0 Å². The quantitative estimate of drug-likeness (QED) is 0.396. The molecule has 1 N–H and O–H groups in total. The number of methoxy groups -OCH3 is 1. The predicted octanol–water partition coefficient (Wildman–Crippen LogP) is 5.17. The Labute approximate surface area is 249 Å². The molecule has 3 saturated heterocycles. The first-order chi connectivity index (χ1) is 20.7. The fourth-order valence-corrected chi connectivity index (χ4v) is 7.01. The first kappa shape index (κ1) is 27.4. The molecule has 0 unspecified atom stereocenters. The summed E-state index contributed by atoms with van der Waals surface area (Å²) in [7, 11) is 1.74. The molecule has 3 aliphatic heterocycles. The number of nitrogens with one attached hydrogen (secondary N) is 1. The van der Waals surface area contributed by atoms with E-state index in [1.54, 1.807) is 13.4 Å². The highest BCUT2D eigenvalue weighted by molar-refractivity contribution is 5.72. The Morgan fingerprint density at radius 1 is 0.833 bits per heavy atom. The highest BCUT2D eigenvalue weighted by Gasteiger charge is 2.34. The van der Waals surface area contributed by atoms with Crippen LogP contribution in [-0.4, -0.2) is 84.8 Å². The first-order valence-electron chi connectivity index (χ1n) is 15.6. The van der Waals surface area contributed by atoms with E-state index in [9.17, 15) is 0 Å². The largest absolute Gasteiger partial charge is 0.494 e. The molecule has 1 atom stereocenters. The number of aromatic nitrogens is 2. The lowest BCUT2D eigenvalue weighted by Gasteiger charge is -2.43. The van der Waals surface area contributed by atoms with E-state index in [1.165, 1.54) is 68.7 Å². The second-order valence-electron chi connectivity index (χ2n) is 12.1. The van der Waals surface area contributed by atoms with Crippen LogP contribution in [0.3, 0.4) is 0 Å². The summed E-state index contributed by atoms with van der Waals surface area (Å²) in [5.74, 6) is 2.26. The van der Waals surface area contributed by atoms with Crippen LogP contribution in [0, 0.1) is 6.92 Å². The van der Waals surface area contributed by atoms with E-state index >= 15 is 0 Å². The van der Waals surface area contributed by atoms with Gasteiger partial charge in [-0.15, -0.1) is 0 Å². The minimum atomic E-state index is 0.126. The lowest BCUT2D eigenvalue weighted by Crippen LogP contribution is -2.53. The zero-order chi connectivity index (χ0) is 28.5. The molecule has 1 saturated carbocycles. The van der Waals surface area contributed by atoms with Crippen LogP contribution < -0.4 is 20.0 Å². The molecule has 0 bridgehead atoms. The summed E-state index contributed by atoms with van der Waals surface area (Å²) < 4.78 is 5.88. The van der Waals surface area contributed by atoms with Crippen molar-refractivity contribution in [1.82, 2.24) is 19.8 Å². The third kappa shape index (κ3) is 5.78. The maximum Gasteiger partial charge on any atom is 0.158 e. The SMILES string of the molecule is COc1cc(N2CCC(N3CCN(C4CC4)CC3)CC2)c(C)cc1Nc1cc(N2OCC[C@@H]2c2ccccc2)ncn1. The van der Waals surface area contributed by atoms with Gasteiger partial charge in [-0.3, -0.25) is 14.6 Å². The molecule has 4 heterocycles. The number of hydroxylamine groups is 1. The maximum absolute atomic E-state index is 6.00. The van der Waals surface area contributed by atoms with Gasteiger partial charge in [0.25, 0.3) is 0 Å². The minimum Gasteiger partial charge on any atom is -0.494 e. The van der Waals surface area contributed by atoms with Crippen molar-refractivity contribution in [2.24, 2.45) is 0 Å². The highest BCUT2D eigenvalue weighted by Crippen LogP contribution is 2.38. The molecule has 9 nitrogen and oxygen atoms in total. The van der Waals surface area contributed by atoms with Gasteiger partial charge in [-0.05, 0) is 49.8 Å². The van der Waals surface area contributed by atoms with Crippen molar-refractivity contribution in [1.29, 1.82) is 0 Å².